The number of carbonyl (C=O) groups excluding carboxylic acids is 1. The predicted molar refractivity (Wildman–Crippen MR) is 49.3 cm³/mol. The van der Waals surface area contributed by atoms with Gasteiger partial charge in [0.1, 0.15) is 6.04 Å². The number of methoxy groups -OCH3 is 1. The van der Waals surface area contributed by atoms with E-state index in [0.29, 0.717) is 0 Å². The molecule has 72 valence electrons. The van der Waals surface area contributed by atoms with Crippen molar-refractivity contribution in [2.24, 2.45) is 5.73 Å². The zero-order chi connectivity index (χ0) is 9.78. The summed E-state index contributed by atoms with van der Waals surface area (Å²) in [4.78, 5) is 11.2. The maximum atomic E-state index is 11.2. The second-order valence-corrected chi connectivity index (χ2v) is 8.02. The minimum Gasteiger partial charge on any atom is -0.519 e. The first-order valence-electron chi connectivity index (χ1n) is 3.84. The fourth-order valence-corrected chi connectivity index (χ4v) is 1.38. The van der Waals surface area contributed by atoms with Crippen LogP contribution in [0.1, 0.15) is 0 Å². The van der Waals surface area contributed by atoms with Crippen LogP contribution >= 0.6 is 0 Å². The summed E-state index contributed by atoms with van der Waals surface area (Å²) in [7, 11) is -0.296. The Kier molecular flexibility index (Phi) is 4.44. The Labute approximate surface area is 74.2 Å². The molecule has 0 amide bonds. The van der Waals surface area contributed by atoms with Gasteiger partial charge in [0.15, 0.2) is 0 Å². The molecule has 0 saturated carbocycles. The van der Waals surface area contributed by atoms with Gasteiger partial charge in [0.25, 0.3) is 0 Å². The molecule has 0 spiro atoms. The molecule has 0 aliphatic heterocycles. The molecule has 0 unspecified atom stereocenters. The number of hydrogen-bond acceptors (Lipinski definition) is 4. The zero-order valence-corrected chi connectivity index (χ0v) is 9.09. The molecule has 4 nitrogen and oxygen atoms in total. The van der Waals surface area contributed by atoms with Crippen LogP contribution in [0.3, 0.4) is 0 Å². The number of carbonyl (C=O) groups is 1. The van der Waals surface area contributed by atoms with Crippen LogP contribution in [0.4, 0.5) is 0 Å². The number of rotatable bonds is 4. The van der Waals surface area contributed by atoms with E-state index in [1.54, 1.807) is 0 Å². The Hall–Kier alpha value is -0.393. The second-order valence-electron chi connectivity index (χ2n) is 3.60. The lowest BCUT2D eigenvalue weighted by molar-refractivity contribution is -0.137. The Morgan fingerprint density at radius 2 is 2.00 bits per heavy atom. The smallest absolute Gasteiger partial charge is 0.312 e. The summed E-state index contributed by atoms with van der Waals surface area (Å²) in [6.07, 6.45) is 0. The van der Waals surface area contributed by atoms with E-state index in [2.05, 4.69) is 0 Å². The average Bonchev–Trinajstić information content (AvgIpc) is 1.84. The standard InChI is InChI=1S/C7H17NO3Si/c1-10-5-6(8)7(9)11-12(2,3)4/h6H,5,8H2,1-4H3/t6-/m0/s1. The van der Waals surface area contributed by atoms with Crippen molar-refractivity contribution in [1.82, 2.24) is 0 Å². The first-order chi connectivity index (χ1) is 5.37. The van der Waals surface area contributed by atoms with E-state index in [-0.39, 0.29) is 12.6 Å². The lowest BCUT2D eigenvalue weighted by atomic mass is 10.3. The second kappa shape index (κ2) is 4.59. The molecule has 5 heteroatoms. The van der Waals surface area contributed by atoms with Crippen molar-refractivity contribution in [3.05, 3.63) is 0 Å². The predicted octanol–water partition coefficient (Wildman–Crippen LogP) is 0.338. The highest BCUT2D eigenvalue weighted by atomic mass is 28.4. The van der Waals surface area contributed by atoms with Crippen molar-refractivity contribution < 1.29 is 14.0 Å². The third kappa shape index (κ3) is 5.28. The van der Waals surface area contributed by atoms with Gasteiger partial charge in [-0.1, -0.05) is 0 Å². The molecule has 0 saturated heterocycles. The molecule has 0 radical (unpaired) electrons. The topological polar surface area (TPSA) is 61.5 Å². The van der Waals surface area contributed by atoms with Gasteiger partial charge in [-0.3, -0.25) is 4.79 Å². The number of nitrogens with two attached hydrogens (primary N) is 1. The fourth-order valence-electron chi connectivity index (χ4n) is 0.625. The Bertz CT molecular complexity index is 155. The summed E-state index contributed by atoms with van der Waals surface area (Å²) >= 11 is 0. The van der Waals surface area contributed by atoms with E-state index in [0.717, 1.165) is 0 Å². The first kappa shape index (κ1) is 11.6. The van der Waals surface area contributed by atoms with Gasteiger partial charge < -0.3 is 14.9 Å². The van der Waals surface area contributed by atoms with E-state index >= 15 is 0 Å². The van der Waals surface area contributed by atoms with Crippen LogP contribution < -0.4 is 5.73 Å². The minimum atomic E-state index is -1.80. The van der Waals surface area contributed by atoms with E-state index < -0.39 is 14.4 Å². The van der Waals surface area contributed by atoms with Crippen LogP contribution in [0.25, 0.3) is 0 Å². The highest BCUT2D eigenvalue weighted by Gasteiger charge is 2.23. The van der Waals surface area contributed by atoms with Crippen molar-refractivity contribution in [1.29, 1.82) is 0 Å². The number of hydrogen-bond donors (Lipinski definition) is 1. The van der Waals surface area contributed by atoms with Crippen LogP contribution in [-0.2, 0) is 14.0 Å². The molecule has 0 aliphatic rings. The fraction of sp³-hybridized carbons (Fsp3) is 0.857. The lowest BCUT2D eigenvalue weighted by Gasteiger charge is -2.19. The zero-order valence-electron chi connectivity index (χ0n) is 8.09. The monoisotopic (exact) mass is 191 g/mol. The van der Waals surface area contributed by atoms with E-state index in [9.17, 15) is 4.79 Å². The molecule has 1 atom stereocenters. The molecule has 0 aromatic carbocycles. The van der Waals surface area contributed by atoms with E-state index in [4.69, 9.17) is 14.9 Å². The van der Waals surface area contributed by atoms with Crippen molar-refractivity contribution in [3.63, 3.8) is 0 Å². The number of ether oxygens (including phenoxy) is 1. The summed E-state index contributed by atoms with van der Waals surface area (Å²) < 4.78 is 9.88. The molecule has 2 N–H and O–H groups in total. The van der Waals surface area contributed by atoms with Crippen molar-refractivity contribution >= 4 is 14.3 Å². The highest BCUT2D eigenvalue weighted by molar-refractivity contribution is 6.71. The van der Waals surface area contributed by atoms with Crippen LogP contribution in [0, 0.1) is 0 Å². The molecule has 0 aromatic rings. The molecular formula is C7H17NO3Si. The Morgan fingerprint density at radius 3 is 2.33 bits per heavy atom. The largest absolute Gasteiger partial charge is 0.519 e. The van der Waals surface area contributed by atoms with Gasteiger partial charge in [-0.2, -0.15) is 0 Å². The summed E-state index contributed by atoms with van der Waals surface area (Å²) in [6, 6.07) is -0.651. The minimum absolute atomic E-state index is 0.212. The Morgan fingerprint density at radius 1 is 1.50 bits per heavy atom. The summed E-state index contributed by atoms with van der Waals surface area (Å²) in [5, 5.41) is 0. The quantitative estimate of drug-likeness (QED) is 0.651. The van der Waals surface area contributed by atoms with Crippen LogP contribution in [0.5, 0.6) is 0 Å². The van der Waals surface area contributed by atoms with E-state index in [1.165, 1.54) is 7.11 Å². The van der Waals surface area contributed by atoms with Gasteiger partial charge >= 0.3 is 5.97 Å². The van der Waals surface area contributed by atoms with Crippen LogP contribution in [-0.4, -0.2) is 34.0 Å². The van der Waals surface area contributed by atoms with Gasteiger partial charge in [-0.25, -0.2) is 0 Å². The summed E-state index contributed by atoms with van der Waals surface area (Å²) in [5.74, 6) is -0.365. The first-order valence-corrected chi connectivity index (χ1v) is 7.25. The van der Waals surface area contributed by atoms with Gasteiger partial charge in [0.2, 0.25) is 8.32 Å². The highest BCUT2D eigenvalue weighted by Crippen LogP contribution is 2.03. The third-order valence-corrected chi connectivity index (χ3v) is 1.87. The Balaban J connectivity index is 3.87. The molecule has 0 heterocycles. The van der Waals surface area contributed by atoms with Gasteiger partial charge in [-0.05, 0) is 19.6 Å². The van der Waals surface area contributed by atoms with Gasteiger partial charge in [0.05, 0.1) is 6.61 Å². The maximum absolute atomic E-state index is 11.2. The normalized spacial score (nSPS) is 14.1. The van der Waals surface area contributed by atoms with Crippen molar-refractivity contribution in [3.8, 4) is 0 Å². The maximum Gasteiger partial charge on any atom is 0.312 e. The van der Waals surface area contributed by atoms with Crippen molar-refractivity contribution in [2.75, 3.05) is 13.7 Å². The molecule has 0 bridgehead atoms. The third-order valence-electron chi connectivity index (χ3n) is 1.06. The molecule has 12 heavy (non-hydrogen) atoms. The van der Waals surface area contributed by atoms with Crippen molar-refractivity contribution in [2.45, 2.75) is 25.7 Å². The lowest BCUT2D eigenvalue weighted by Crippen LogP contribution is -2.42. The van der Waals surface area contributed by atoms with E-state index in [1.807, 2.05) is 19.6 Å². The van der Waals surface area contributed by atoms with Crippen LogP contribution in [0.15, 0.2) is 0 Å². The SMILES string of the molecule is COC[C@H](N)C(=O)O[Si](C)(C)C. The molecule has 0 aromatic heterocycles. The summed E-state index contributed by atoms with van der Waals surface area (Å²) in [5.41, 5.74) is 5.46. The van der Waals surface area contributed by atoms with Crippen LogP contribution in [0.2, 0.25) is 19.6 Å². The molecule has 0 aliphatic carbocycles. The molecule has 0 fully saturated rings. The molecule has 0 rings (SSSR count). The van der Waals surface area contributed by atoms with Gasteiger partial charge in [0, 0.05) is 7.11 Å². The summed E-state index contributed by atoms with van der Waals surface area (Å²) in [6.45, 7) is 6.02. The molecular weight excluding hydrogens is 174 g/mol. The van der Waals surface area contributed by atoms with Gasteiger partial charge in [-0.15, -0.1) is 0 Å². The average molecular weight is 191 g/mol.